The van der Waals surface area contributed by atoms with Gasteiger partial charge in [0.2, 0.25) is 0 Å². The van der Waals surface area contributed by atoms with Crippen LogP contribution >= 0.6 is 0 Å². The second-order valence-electron chi connectivity index (χ2n) is 2.89. The van der Waals surface area contributed by atoms with Crippen molar-refractivity contribution in [3.63, 3.8) is 0 Å². The first-order valence-electron chi connectivity index (χ1n) is 3.48. The van der Waals surface area contributed by atoms with E-state index < -0.39 is 0 Å². The lowest BCUT2D eigenvalue weighted by molar-refractivity contribution is 0.270. The zero-order chi connectivity index (χ0) is 6.69. The monoisotopic (exact) mass is 128 g/mol. The van der Waals surface area contributed by atoms with Crippen LogP contribution in [0.25, 0.3) is 0 Å². The first-order chi connectivity index (χ1) is 4.29. The van der Waals surface area contributed by atoms with Crippen LogP contribution in [0.4, 0.5) is 0 Å². The summed E-state index contributed by atoms with van der Waals surface area (Å²) in [6.45, 7) is 5.98. The van der Waals surface area contributed by atoms with E-state index in [4.69, 9.17) is 9.39 Å². The maximum Gasteiger partial charge on any atom is 0.277 e. The largest absolute Gasteiger partial charge is 0.436 e. The summed E-state index contributed by atoms with van der Waals surface area (Å²) in [6, 6.07) is 0. The van der Waals surface area contributed by atoms with E-state index in [1.807, 2.05) is 0 Å². The zero-order valence-corrected chi connectivity index (χ0v) is 6.09. The van der Waals surface area contributed by atoms with Crippen molar-refractivity contribution in [2.75, 3.05) is 13.2 Å². The molecule has 1 heterocycles. The van der Waals surface area contributed by atoms with E-state index in [1.165, 1.54) is 0 Å². The van der Waals surface area contributed by atoms with Crippen LogP contribution in [0, 0.1) is 0 Å². The molecule has 1 unspecified atom stereocenters. The van der Waals surface area contributed by atoms with Crippen LogP contribution < -0.4 is 0 Å². The van der Waals surface area contributed by atoms with Gasteiger partial charge >= 0.3 is 0 Å². The second kappa shape index (κ2) is 3.23. The summed E-state index contributed by atoms with van der Waals surface area (Å²) in [6.07, 6.45) is 0.420. The van der Waals surface area contributed by atoms with Crippen molar-refractivity contribution in [2.24, 2.45) is 0 Å². The highest BCUT2D eigenvalue weighted by Crippen LogP contribution is 2.09. The van der Waals surface area contributed by atoms with E-state index in [0.29, 0.717) is 11.9 Å². The van der Waals surface area contributed by atoms with Gasteiger partial charge in [0, 0.05) is 0 Å². The fourth-order valence-electron chi connectivity index (χ4n) is 0.599. The summed E-state index contributed by atoms with van der Waals surface area (Å²) >= 11 is 0. The molecule has 0 aromatic heterocycles. The molecule has 0 aliphatic carbocycles. The van der Waals surface area contributed by atoms with Gasteiger partial charge in [-0.3, -0.25) is 0 Å². The predicted octanol–water partition coefficient (Wildman–Crippen LogP) is 0.582. The Morgan fingerprint density at radius 1 is 1.78 bits per heavy atom. The van der Waals surface area contributed by atoms with Gasteiger partial charge in [-0.25, -0.2) is 0 Å². The van der Waals surface area contributed by atoms with Gasteiger partial charge in [-0.1, -0.05) is 13.8 Å². The van der Waals surface area contributed by atoms with E-state index in [9.17, 15) is 0 Å². The fraction of sp³-hybridized carbons (Fsp3) is 1.00. The first kappa shape index (κ1) is 7.10. The molecular formula is C6H13BO2. The lowest BCUT2D eigenvalue weighted by Crippen LogP contribution is -2.07. The molecule has 1 atom stereocenters. The number of ether oxygens (including phenoxy) is 1. The third-order valence-corrected chi connectivity index (χ3v) is 1.16. The highest BCUT2D eigenvalue weighted by Gasteiger charge is 2.22. The Morgan fingerprint density at radius 3 is 2.89 bits per heavy atom. The molecule has 1 fully saturated rings. The van der Waals surface area contributed by atoms with E-state index >= 15 is 0 Å². The van der Waals surface area contributed by atoms with E-state index in [1.54, 1.807) is 0 Å². The number of rotatable bonds is 4. The Kier molecular flexibility index (Phi) is 2.55. The van der Waals surface area contributed by atoms with E-state index in [2.05, 4.69) is 13.8 Å². The number of hydrogen-bond donors (Lipinski definition) is 0. The van der Waals surface area contributed by atoms with Crippen molar-refractivity contribution in [2.45, 2.75) is 25.8 Å². The van der Waals surface area contributed by atoms with Crippen LogP contribution in [0.3, 0.4) is 0 Å². The second-order valence-corrected chi connectivity index (χ2v) is 2.89. The van der Waals surface area contributed by atoms with Gasteiger partial charge in [0.25, 0.3) is 7.48 Å². The molecule has 9 heavy (non-hydrogen) atoms. The Balaban J connectivity index is 1.81. The van der Waals surface area contributed by atoms with Gasteiger partial charge < -0.3 is 9.39 Å². The molecule has 0 amide bonds. The summed E-state index contributed by atoms with van der Waals surface area (Å²) in [4.78, 5) is 0. The predicted molar refractivity (Wildman–Crippen MR) is 37.9 cm³/mol. The average molecular weight is 128 g/mol. The molecule has 3 heteroatoms. The minimum Gasteiger partial charge on any atom is -0.436 e. The summed E-state index contributed by atoms with van der Waals surface area (Å²) in [7, 11) is 0.861. The molecular weight excluding hydrogens is 115 g/mol. The lowest BCUT2D eigenvalue weighted by atomic mass is 9.84. The molecule has 1 aliphatic rings. The normalized spacial score (nSPS) is 24.6. The maximum atomic E-state index is 5.29. The van der Waals surface area contributed by atoms with Crippen LogP contribution in [0.1, 0.15) is 13.8 Å². The molecule has 0 spiro atoms. The van der Waals surface area contributed by atoms with Gasteiger partial charge in [0.15, 0.2) is 0 Å². The Labute approximate surface area is 56.8 Å². The van der Waals surface area contributed by atoms with Crippen LogP contribution in [-0.4, -0.2) is 26.8 Å². The van der Waals surface area contributed by atoms with Gasteiger partial charge in [0.1, 0.15) is 6.10 Å². The van der Waals surface area contributed by atoms with Gasteiger partial charge in [0.05, 0.1) is 13.2 Å². The smallest absolute Gasteiger partial charge is 0.277 e. The molecule has 1 aliphatic heterocycles. The van der Waals surface area contributed by atoms with Crippen LogP contribution in [0.5, 0.6) is 0 Å². The fourth-order valence-corrected chi connectivity index (χ4v) is 0.599. The van der Waals surface area contributed by atoms with Crippen LogP contribution in [-0.2, 0) is 9.39 Å². The third-order valence-electron chi connectivity index (χ3n) is 1.16. The molecule has 0 aromatic carbocycles. The topological polar surface area (TPSA) is 21.8 Å². The zero-order valence-electron chi connectivity index (χ0n) is 6.09. The molecule has 2 nitrogen and oxygen atoms in total. The lowest BCUT2D eigenvalue weighted by Gasteiger charge is -2.01. The molecule has 0 aromatic rings. The Hall–Kier alpha value is -0.0151. The molecule has 1 saturated heterocycles. The quantitative estimate of drug-likeness (QED) is 0.408. The molecule has 52 valence electrons. The molecule has 0 N–H and O–H groups in total. The van der Waals surface area contributed by atoms with Crippen molar-refractivity contribution < 1.29 is 9.39 Å². The van der Waals surface area contributed by atoms with Crippen LogP contribution in [0.15, 0.2) is 0 Å². The SMILES string of the molecule is CC(C)BOCC1CO1. The first-order valence-corrected chi connectivity index (χ1v) is 3.48. The van der Waals surface area contributed by atoms with Crippen molar-refractivity contribution in [1.29, 1.82) is 0 Å². The van der Waals surface area contributed by atoms with Crippen molar-refractivity contribution in [3.05, 3.63) is 0 Å². The molecule has 0 radical (unpaired) electrons. The van der Waals surface area contributed by atoms with Gasteiger partial charge in [-0.05, 0) is 5.82 Å². The minimum absolute atomic E-state index is 0.420. The number of hydrogen-bond acceptors (Lipinski definition) is 2. The maximum absolute atomic E-state index is 5.29. The summed E-state index contributed by atoms with van der Waals surface area (Å²) in [5.41, 5.74) is 0. The van der Waals surface area contributed by atoms with E-state index in [-0.39, 0.29) is 0 Å². The molecule has 0 bridgehead atoms. The van der Waals surface area contributed by atoms with Crippen molar-refractivity contribution in [1.82, 2.24) is 0 Å². The molecule has 0 saturated carbocycles. The standard InChI is InChI=1S/C6H13BO2/c1-5(2)7-9-4-6-3-8-6/h5-7H,3-4H2,1-2H3. The average Bonchev–Trinajstić information content (AvgIpc) is 2.48. The van der Waals surface area contributed by atoms with Gasteiger partial charge in [-0.15, -0.1) is 0 Å². The highest BCUT2D eigenvalue weighted by molar-refractivity contribution is 6.29. The Morgan fingerprint density at radius 2 is 2.44 bits per heavy atom. The summed E-state index contributed by atoms with van der Waals surface area (Å²) in [5, 5.41) is 0. The van der Waals surface area contributed by atoms with Crippen molar-refractivity contribution >= 4 is 7.48 Å². The third kappa shape index (κ3) is 3.54. The van der Waals surface area contributed by atoms with Crippen molar-refractivity contribution in [3.8, 4) is 0 Å². The highest BCUT2D eigenvalue weighted by atomic mass is 16.6. The Bertz CT molecular complexity index is 79.1. The minimum atomic E-state index is 0.420. The molecule has 1 rings (SSSR count). The van der Waals surface area contributed by atoms with Crippen LogP contribution in [0.2, 0.25) is 5.82 Å². The van der Waals surface area contributed by atoms with E-state index in [0.717, 1.165) is 20.7 Å². The number of epoxide rings is 1. The van der Waals surface area contributed by atoms with Gasteiger partial charge in [-0.2, -0.15) is 0 Å². The summed E-state index contributed by atoms with van der Waals surface area (Å²) in [5.74, 6) is 0.642. The summed E-state index contributed by atoms with van der Waals surface area (Å²) < 4.78 is 10.3.